The minimum absolute atomic E-state index is 0.937. The highest BCUT2D eigenvalue weighted by atomic mass is 14.9. The summed E-state index contributed by atoms with van der Waals surface area (Å²) in [5.74, 6) is 0. The summed E-state index contributed by atoms with van der Waals surface area (Å²) in [7, 11) is 0. The lowest BCUT2D eigenvalue weighted by atomic mass is 9.95. The molecule has 0 bridgehead atoms. The van der Waals surface area contributed by atoms with E-state index in [4.69, 9.17) is 0 Å². The molecular weight excluding hydrogens is 230 g/mol. The normalized spacial score (nSPS) is 13.8. The SMILES string of the molecule is C=C(CC)Nc1ccc(C(=C)C2=CCCC=C2)cc1. The van der Waals surface area contributed by atoms with Gasteiger partial charge in [0.25, 0.3) is 0 Å². The van der Waals surface area contributed by atoms with E-state index in [9.17, 15) is 0 Å². The van der Waals surface area contributed by atoms with Crippen LogP contribution >= 0.6 is 0 Å². The van der Waals surface area contributed by atoms with E-state index in [2.05, 4.69) is 67.9 Å². The maximum absolute atomic E-state index is 4.20. The van der Waals surface area contributed by atoms with Crippen LogP contribution in [0, 0.1) is 0 Å². The minimum Gasteiger partial charge on any atom is -0.359 e. The van der Waals surface area contributed by atoms with Gasteiger partial charge in [-0.3, -0.25) is 0 Å². The summed E-state index contributed by atoms with van der Waals surface area (Å²) in [6, 6.07) is 8.37. The second kappa shape index (κ2) is 6.24. The molecule has 0 fully saturated rings. The fraction of sp³-hybridized carbons (Fsp3) is 0.222. The molecule has 1 aromatic carbocycles. The maximum Gasteiger partial charge on any atom is 0.0382 e. The molecule has 1 aliphatic rings. The number of rotatable bonds is 5. The van der Waals surface area contributed by atoms with Crippen LogP contribution in [0.3, 0.4) is 0 Å². The van der Waals surface area contributed by atoms with Crippen LogP contribution in [0.5, 0.6) is 0 Å². The van der Waals surface area contributed by atoms with Gasteiger partial charge < -0.3 is 5.32 Å². The van der Waals surface area contributed by atoms with Gasteiger partial charge >= 0.3 is 0 Å². The Labute approximate surface area is 116 Å². The molecule has 1 heteroatoms. The highest BCUT2D eigenvalue weighted by Crippen LogP contribution is 2.26. The first-order valence-corrected chi connectivity index (χ1v) is 6.82. The monoisotopic (exact) mass is 251 g/mol. The van der Waals surface area contributed by atoms with Gasteiger partial charge in [-0.2, -0.15) is 0 Å². The molecule has 1 N–H and O–H groups in total. The third-order valence-electron chi connectivity index (χ3n) is 3.32. The van der Waals surface area contributed by atoms with Crippen molar-refractivity contribution in [3.8, 4) is 0 Å². The zero-order valence-corrected chi connectivity index (χ0v) is 11.6. The van der Waals surface area contributed by atoms with Crippen molar-refractivity contribution in [3.05, 3.63) is 72.5 Å². The van der Waals surface area contributed by atoms with Gasteiger partial charge in [-0.15, -0.1) is 0 Å². The molecular formula is C18H21N. The van der Waals surface area contributed by atoms with Crippen molar-refractivity contribution < 1.29 is 0 Å². The number of nitrogens with one attached hydrogen (secondary N) is 1. The zero-order chi connectivity index (χ0) is 13.7. The summed E-state index contributed by atoms with van der Waals surface area (Å²) in [6.45, 7) is 10.2. The van der Waals surface area contributed by atoms with E-state index in [0.29, 0.717) is 0 Å². The van der Waals surface area contributed by atoms with Crippen molar-refractivity contribution in [1.29, 1.82) is 0 Å². The third-order valence-corrected chi connectivity index (χ3v) is 3.32. The van der Waals surface area contributed by atoms with Crippen molar-refractivity contribution in [2.45, 2.75) is 26.2 Å². The van der Waals surface area contributed by atoms with Gasteiger partial charge in [0, 0.05) is 11.4 Å². The van der Waals surface area contributed by atoms with Gasteiger partial charge in [-0.25, -0.2) is 0 Å². The predicted octanol–water partition coefficient (Wildman–Crippen LogP) is 5.31. The lowest BCUT2D eigenvalue weighted by molar-refractivity contribution is 1.03. The van der Waals surface area contributed by atoms with Crippen LogP contribution < -0.4 is 5.32 Å². The van der Waals surface area contributed by atoms with Gasteiger partial charge in [0.05, 0.1) is 0 Å². The van der Waals surface area contributed by atoms with E-state index in [1.54, 1.807) is 0 Å². The third kappa shape index (κ3) is 3.47. The minimum atomic E-state index is 0.937. The van der Waals surface area contributed by atoms with E-state index < -0.39 is 0 Å². The van der Waals surface area contributed by atoms with Crippen molar-refractivity contribution in [2.24, 2.45) is 0 Å². The van der Waals surface area contributed by atoms with E-state index >= 15 is 0 Å². The number of anilines is 1. The fourth-order valence-electron chi connectivity index (χ4n) is 2.05. The van der Waals surface area contributed by atoms with Crippen molar-refractivity contribution in [3.63, 3.8) is 0 Å². The molecule has 1 aliphatic carbocycles. The van der Waals surface area contributed by atoms with Crippen LogP contribution in [0.1, 0.15) is 31.7 Å². The van der Waals surface area contributed by atoms with E-state index in [-0.39, 0.29) is 0 Å². The average molecular weight is 251 g/mol. The van der Waals surface area contributed by atoms with Crippen LogP contribution in [0.2, 0.25) is 0 Å². The van der Waals surface area contributed by atoms with E-state index in [1.165, 1.54) is 11.1 Å². The summed E-state index contributed by atoms with van der Waals surface area (Å²) < 4.78 is 0. The second-order valence-electron chi connectivity index (χ2n) is 4.78. The first-order valence-electron chi connectivity index (χ1n) is 6.82. The molecule has 1 aromatic rings. The molecule has 0 amide bonds. The lowest BCUT2D eigenvalue weighted by Crippen LogP contribution is -1.96. The molecule has 0 atom stereocenters. The number of hydrogen-bond acceptors (Lipinski definition) is 1. The summed E-state index contributed by atoms with van der Waals surface area (Å²) in [4.78, 5) is 0. The Morgan fingerprint density at radius 3 is 2.47 bits per heavy atom. The first-order chi connectivity index (χ1) is 9.20. The van der Waals surface area contributed by atoms with Crippen molar-refractivity contribution in [2.75, 3.05) is 5.32 Å². The van der Waals surface area contributed by atoms with Gasteiger partial charge in [-0.05, 0) is 48.1 Å². The van der Waals surface area contributed by atoms with Crippen LogP contribution in [0.15, 0.2) is 66.9 Å². The molecule has 0 saturated heterocycles. The molecule has 0 aromatic heterocycles. The topological polar surface area (TPSA) is 12.0 Å². The van der Waals surface area contributed by atoms with Gasteiger partial charge in [-0.1, -0.05) is 50.4 Å². The molecule has 98 valence electrons. The van der Waals surface area contributed by atoms with Gasteiger partial charge in [0.1, 0.15) is 0 Å². The Kier molecular flexibility index (Phi) is 4.40. The van der Waals surface area contributed by atoms with Crippen LogP contribution in [-0.2, 0) is 0 Å². The molecule has 0 spiro atoms. The largest absolute Gasteiger partial charge is 0.359 e. The highest BCUT2D eigenvalue weighted by Gasteiger charge is 2.05. The first kappa shape index (κ1) is 13.4. The highest BCUT2D eigenvalue weighted by molar-refractivity contribution is 5.81. The van der Waals surface area contributed by atoms with Gasteiger partial charge in [0.15, 0.2) is 0 Å². The van der Waals surface area contributed by atoms with Crippen LogP contribution in [-0.4, -0.2) is 0 Å². The molecule has 19 heavy (non-hydrogen) atoms. The standard InChI is InChI=1S/C18H21N/c1-4-14(2)19-18-12-10-17(11-13-18)15(3)16-8-6-5-7-9-16/h6,8-13,19H,2-5,7H2,1H3. The molecule has 2 rings (SSSR count). The Morgan fingerprint density at radius 2 is 1.89 bits per heavy atom. The Balaban J connectivity index is 2.10. The van der Waals surface area contributed by atoms with Crippen LogP contribution in [0.4, 0.5) is 5.69 Å². The van der Waals surface area contributed by atoms with E-state index in [1.807, 2.05) is 0 Å². The molecule has 0 unspecified atom stereocenters. The Morgan fingerprint density at radius 1 is 1.16 bits per heavy atom. The number of benzene rings is 1. The Bertz CT molecular complexity index is 529. The smallest absolute Gasteiger partial charge is 0.0382 e. The summed E-state index contributed by atoms with van der Waals surface area (Å²) in [5, 5.41) is 3.28. The van der Waals surface area contributed by atoms with Crippen molar-refractivity contribution in [1.82, 2.24) is 0 Å². The molecule has 0 saturated carbocycles. The maximum atomic E-state index is 4.20. The molecule has 0 radical (unpaired) electrons. The van der Waals surface area contributed by atoms with E-state index in [0.717, 1.165) is 36.2 Å². The summed E-state index contributed by atoms with van der Waals surface area (Å²) in [5.41, 5.74) is 5.62. The number of hydrogen-bond donors (Lipinski definition) is 1. The number of allylic oxidation sites excluding steroid dienone is 6. The predicted molar refractivity (Wildman–Crippen MR) is 85.0 cm³/mol. The van der Waals surface area contributed by atoms with Crippen molar-refractivity contribution >= 4 is 11.3 Å². The summed E-state index contributed by atoms with van der Waals surface area (Å²) >= 11 is 0. The average Bonchev–Trinajstić information content (AvgIpc) is 2.48. The quantitative estimate of drug-likeness (QED) is 0.747. The Hall–Kier alpha value is -2.02. The van der Waals surface area contributed by atoms with Crippen LogP contribution in [0.25, 0.3) is 5.57 Å². The van der Waals surface area contributed by atoms with Gasteiger partial charge in [0.2, 0.25) is 0 Å². The fourth-order valence-corrected chi connectivity index (χ4v) is 2.05. The molecule has 1 nitrogen and oxygen atoms in total. The lowest BCUT2D eigenvalue weighted by Gasteiger charge is -2.12. The second-order valence-corrected chi connectivity index (χ2v) is 4.78. The summed E-state index contributed by atoms with van der Waals surface area (Å²) in [6.07, 6.45) is 9.82. The molecule has 0 heterocycles. The molecule has 0 aliphatic heterocycles. The zero-order valence-electron chi connectivity index (χ0n) is 11.6.